The van der Waals surface area contributed by atoms with Gasteiger partial charge < -0.3 is 10.1 Å². The van der Waals surface area contributed by atoms with Crippen molar-refractivity contribution in [2.75, 3.05) is 33.3 Å². The molecule has 0 bridgehead atoms. The highest BCUT2D eigenvalue weighted by Crippen LogP contribution is 2.29. The molecule has 0 amide bonds. The maximum absolute atomic E-state index is 5.96. The van der Waals surface area contributed by atoms with Gasteiger partial charge in [-0.05, 0) is 25.6 Å². The van der Waals surface area contributed by atoms with Gasteiger partial charge in [0.2, 0.25) is 0 Å². The van der Waals surface area contributed by atoms with E-state index in [9.17, 15) is 0 Å². The highest BCUT2D eigenvalue weighted by Gasteiger charge is 2.32. The first kappa shape index (κ1) is 13.5. The average Bonchev–Trinajstić information content (AvgIpc) is 2.41. The molecule has 0 radical (unpaired) electrons. The number of nitrogens with one attached hydrogen (secondary N) is 1. The molecule has 1 aromatic carbocycles. The molecule has 0 spiro atoms. The minimum atomic E-state index is 0.248. The van der Waals surface area contributed by atoms with Crippen molar-refractivity contribution in [1.29, 1.82) is 0 Å². The fraction of sp³-hybridized carbons (Fsp3) is 0.600. The van der Waals surface area contributed by atoms with Gasteiger partial charge in [-0.2, -0.15) is 0 Å². The summed E-state index contributed by atoms with van der Waals surface area (Å²) in [4.78, 5) is 2.56. The van der Waals surface area contributed by atoms with E-state index in [0.717, 1.165) is 26.2 Å². The zero-order valence-electron chi connectivity index (χ0n) is 11.4. The summed E-state index contributed by atoms with van der Waals surface area (Å²) in [6.45, 7) is 6.16. The summed E-state index contributed by atoms with van der Waals surface area (Å²) in [7, 11) is 1.99. The fourth-order valence-electron chi connectivity index (χ4n) is 2.77. The van der Waals surface area contributed by atoms with Crippen LogP contribution in [0.15, 0.2) is 30.3 Å². The predicted octanol–water partition coefficient (Wildman–Crippen LogP) is 2.06. The van der Waals surface area contributed by atoms with E-state index in [2.05, 4.69) is 47.5 Å². The highest BCUT2D eigenvalue weighted by atomic mass is 16.5. The van der Waals surface area contributed by atoms with Crippen molar-refractivity contribution in [3.8, 4) is 0 Å². The summed E-state index contributed by atoms with van der Waals surface area (Å²) < 4.78 is 5.96. The van der Waals surface area contributed by atoms with Crippen molar-refractivity contribution in [2.45, 2.75) is 25.5 Å². The van der Waals surface area contributed by atoms with Crippen LogP contribution in [0.1, 0.15) is 24.9 Å². The monoisotopic (exact) mass is 248 g/mol. The Kier molecular flexibility index (Phi) is 5.17. The van der Waals surface area contributed by atoms with Gasteiger partial charge in [0, 0.05) is 13.1 Å². The number of hydrogen-bond donors (Lipinski definition) is 1. The Balaban J connectivity index is 2.20. The van der Waals surface area contributed by atoms with Crippen LogP contribution in [-0.2, 0) is 4.74 Å². The van der Waals surface area contributed by atoms with Gasteiger partial charge in [-0.25, -0.2) is 0 Å². The average molecular weight is 248 g/mol. The molecule has 0 aromatic heterocycles. The van der Waals surface area contributed by atoms with E-state index >= 15 is 0 Å². The zero-order chi connectivity index (χ0) is 12.8. The van der Waals surface area contributed by atoms with Crippen LogP contribution in [0.25, 0.3) is 0 Å². The van der Waals surface area contributed by atoms with Crippen molar-refractivity contribution in [1.82, 2.24) is 10.2 Å². The van der Waals surface area contributed by atoms with Crippen LogP contribution >= 0.6 is 0 Å². The predicted molar refractivity (Wildman–Crippen MR) is 74.7 cm³/mol. The quantitative estimate of drug-likeness (QED) is 0.863. The van der Waals surface area contributed by atoms with E-state index < -0.39 is 0 Å². The second kappa shape index (κ2) is 6.88. The molecule has 3 heteroatoms. The normalized spacial score (nSPS) is 25.2. The number of morpholine rings is 1. The number of ether oxygens (including phenoxy) is 1. The molecule has 3 nitrogen and oxygen atoms in total. The molecule has 100 valence electrons. The van der Waals surface area contributed by atoms with Gasteiger partial charge in [-0.1, -0.05) is 37.3 Å². The van der Waals surface area contributed by atoms with Crippen molar-refractivity contribution in [3.05, 3.63) is 35.9 Å². The third-order valence-electron chi connectivity index (χ3n) is 3.51. The Hall–Kier alpha value is -0.900. The van der Waals surface area contributed by atoms with Crippen molar-refractivity contribution in [3.63, 3.8) is 0 Å². The Morgan fingerprint density at radius 2 is 2.11 bits per heavy atom. The molecule has 2 rings (SSSR count). The lowest BCUT2D eigenvalue weighted by Gasteiger charge is -2.41. The number of rotatable bonds is 5. The molecule has 0 saturated carbocycles. The minimum Gasteiger partial charge on any atom is -0.374 e. The third kappa shape index (κ3) is 3.10. The van der Waals surface area contributed by atoms with E-state index in [1.54, 1.807) is 0 Å². The zero-order valence-corrected chi connectivity index (χ0v) is 11.4. The van der Waals surface area contributed by atoms with E-state index in [4.69, 9.17) is 4.74 Å². The number of nitrogens with zero attached hydrogens (tertiary/aromatic N) is 1. The first-order valence-electron chi connectivity index (χ1n) is 6.92. The lowest BCUT2D eigenvalue weighted by Crippen LogP contribution is -2.48. The molecule has 2 atom stereocenters. The largest absolute Gasteiger partial charge is 0.374 e. The maximum atomic E-state index is 5.96. The van der Waals surface area contributed by atoms with Gasteiger partial charge in [-0.3, -0.25) is 4.90 Å². The van der Waals surface area contributed by atoms with Crippen molar-refractivity contribution >= 4 is 0 Å². The van der Waals surface area contributed by atoms with Crippen molar-refractivity contribution in [2.24, 2.45) is 0 Å². The van der Waals surface area contributed by atoms with Crippen LogP contribution in [0.2, 0.25) is 0 Å². The van der Waals surface area contributed by atoms with Crippen molar-refractivity contribution < 1.29 is 4.74 Å². The van der Waals surface area contributed by atoms with E-state index in [0.29, 0.717) is 6.04 Å². The standard InChI is InChI=1S/C15H24N2O/c1-3-9-17-10-11-18-14(12-16-2)15(17)13-7-5-4-6-8-13/h4-8,14-16H,3,9-12H2,1-2H3. The molecular formula is C15H24N2O. The van der Waals surface area contributed by atoms with Gasteiger partial charge in [-0.15, -0.1) is 0 Å². The minimum absolute atomic E-state index is 0.248. The second-order valence-corrected chi connectivity index (χ2v) is 4.86. The summed E-state index contributed by atoms with van der Waals surface area (Å²) in [6, 6.07) is 11.1. The summed E-state index contributed by atoms with van der Waals surface area (Å²) >= 11 is 0. The van der Waals surface area contributed by atoms with E-state index in [-0.39, 0.29) is 6.10 Å². The van der Waals surface area contributed by atoms with Gasteiger partial charge in [0.05, 0.1) is 18.8 Å². The van der Waals surface area contributed by atoms with Gasteiger partial charge in [0.15, 0.2) is 0 Å². The second-order valence-electron chi connectivity index (χ2n) is 4.86. The summed E-state index contributed by atoms with van der Waals surface area (Å²) in [6.07, 6.45) is 1.44. The van der Waals surface area contributed by atoms with Crippen LogP contribution in [0, 0.1) is 0 Å². The first-order chi connectivity index (χ1) is 8.86. The summed E-state index contributed by atoms with van der Waals surface area (Å²) in [5.41, 5.74) is 1.37. The summed E-state index contributed by atoms with van der Waals surface area (Å²) in [5, 5.41) is 3.25. The molecule has 1 N–H and O–H groups in total. The van der Waals surface area contributed by atoms with Crippen LogP contribution in [0.4, 0.5) is 0 Å². The number of benzene rings is 1. The lowest BCUT2D eigenvalue weighted by atomic mass is 9.97. The fourth-order valence-corrected chi connectivity index (χ4v) is 2.77. The Morgan fingerprint density at radius 3 is 2.78 bits per heavy atom. The van der Waals surface area contributed by atoms with Crippen LogP contribution in [0.3, 0.4) is 0 Å². The maximum Gasteiger partial charge on any atom is 0.0896 e. The highest BCUT2D eigenvalue weighted by molar-refractivity contribution is 5.21. The van der Waals surface area contributed by atoms with E-state index in [1.807, 2.05) is 7.05 Å². The molecular weight excluding hydrogens is 224 g/mol. The van der Waals surface area contributed by atoms with Gasteiger partial charge in [0.25, 0.3) is 0 Å². The SMILES string of the molecule is CCCN1CCOC(CNC)C1c1ccccc1. The molecule has 18 heavy (non-hydrogen) atoms. The summed E-state index contributed by atoms with van der Waals surface area (Å²) in [5.74, 6) is 0. The van der Waals surface area contributed by atoms with E-state index in [1.165, 1.54) is 12.0 Å². The Labute approximate surface area is 110 Å². The Morgan fingerprint density at radius 1 is 1.33 bits per heavy atom. The third-order valence-corrected chi connectivity index (χ3v) is 3.51. The molecule has 1 saturated heterocycles. The Bertz CT molecular complexity index is 324. The van der Waals surface area contributed by atoms with Crippen LogP contribution in [0.5, 0.6) is 0 Å². The number of hydrogen-bond acceptors (Lipinski definition) is 3. The van der Waals surface area contributed by atoms with Crippen LogP contribution in [-0.4, -0.2) is 44.3 Å². The van der Waals surface area contributed by atoms with Gasteiger partial charge in [0.1, 0.15) is 0 Å². The lowest BCUT2D eigenvalue weighted by molar-refractivity contribution is -0.0704. The molecule has 1 aliphatic rings. The topological polar surface area (TPSA) is 24.5 Å². The van der Waals surface area contributed by atoms with Gasteiger partial charge >= 0.3 is 0 Å². The molecule has 1 aromatic rings. The number of likely N-dealkylation sites (N-methyl/N-ethyl adjacent to an activating group) is 1. The molecule has 2 unspecified atom stereocenters. The smallest absolute Gasteiger partial charge is 0.0896 e. The molecule has 1 fully saturated rings. The molecule has 1 aliphatic heterocycles. The van der Waals surface area contributed by atoms with Crippen LogP contribution < -0.4 is 5.32 Å². The molecule has 0 aliphatic carbocycles. The first-order valence-corrected chi connectivity index (χ1v) is 6.92. The molecule has 1 heterocycles.